The molecule has 1 aliphatic heterocycles. The van der Waals surface area contributed by atoms with Crippen molar-refractivity contribution in [1.82, 2.24) is 10.2 Å². The molecule has 0 aromatic rings. The van der Waals surface area contributed by atoms with Crippen LogP contribution in [0.1, 0.15) is 72.5 Å². The molecule has 0 bridgehead atoms. The molecule has 1 saturated carbocycles. The standard InChI is InChI=1S/C19H32N2O5/c1-4-8-14(19(25)26-5-2)20-12(3)17(22)21-15-10-7-6-9-13(15)11-16(21)18(23)24/h12-16,20H,4-11H2,1-3H3,(H,23,24)/t12-,13-,14-,15-,16-/m0/s1/i2D3,5D2. The van der Waals surface area contributed by atoms with Crippen LogP contribution >= 0.6 is 0 Å². The monoisotopic (exact) mass is 373 g/mol. The van der Waals surface area contributed by atoms with Gasteiger partial charge in [0.1, 0.15) is 12.1 Å². The van der Waals surface area contributed by atoms with Crippen LogP contribution in [0.15, 0.2) is 0 Å². The highest BCUT2D eigenvalue weighted by atomic mass is 16.5. The van der Waals surface area contributed by atoms with E-state index in [1.807, 2.05) is 0 Å². The quantitative estimate of drug-likeness (QED) is 0.631. The van der Waals surface area contributed by atoms with Gasteiger partial charge in [0.15, 0.2) is 0 Å². The number of rotatable bonds is 8. The van der Waals surface area contributed by atoms with Gasteiger partial charge in [-0.25, -0.2) is 4.79 Å². The van der Waals surface area contributed by atoms with Crippen molar-refractivity contribution >= 4 is 17.8 Å². The lowest BCUT2D eigenvalue weighted by Crippen LogP contribution is -2.55. The van der Waals surface area contributed by atoms with E-state index in [9.17, 15) is 19.5 Å². The van der Waals surface area contributed by atoms with Gasteiger partial charge < -0.3 is 14.7 Å². The van der Waals surface area contributed by atoms with Gasteiger partial charge in [0.25, 0.3) is 0 Å². The van der Waals surface area contributed by atoms with Crippen molar-refractivity contribution in [1.29, 1.82) is 0 Å². The molecule has 0 unspecified atom stereocenters. The average Bonchev–Trinajstić information content (AvgIpc) is 3.05. The number of carbonyl (C=O) groups is 3. The minimum Gasteiger partial charge on any atom is -0.480 e. The molecule has 1 saturated heterocycles. The van der Waals surface area contributed by atoms with Crippen LogP contribution in [0.3, 0.4) is 0 Å². The van der Waals surface area contributed by atoms with Gasteiger partial charge in [-0.3, -0.25) is 14.9 Å². The Morgan fingerprint density at radius 1 is 1.38 bits per heavy atom. The lowest BCUT2D eigenvalue weighted by molar-refractivity contribution is -0.152. The van der Waals surface area contributed by atoms with Crippen LogP contribution in [0, 0.1) is 5.92 Å². The molecular weight excluding hydrogens is 336 g/mol. The number of esters is 1. The second-order valence-corrected chi connectivity index (χ2v) is 7.20. The van der Waals surface area contributed by atoms with Crippen molar-refractivity contribution in [2.75, 3.05) is 6.56 Å². The highest BCUT2D eigenvalue weighted by Crippen LogP contribution is 2.40. The van der Waals surface area contributed by atoms with E-state index in [1.54, 1.807) is 6.92 Å². The average molecular weight is 374 g/mol. The second kappa shape index (κ2) is 9.35. The predicted molar refractivity (Wildman–Crippen MR) is 96.6 cm³/mol. The molecular formula is C19H32N2O5. The van der Waals surface area contributed by atoms with E-state index in [0.717, 1.165) is 25.7 Å². The Hall–Kier alpha value is -1.63. The van der Waals surface area contributed by atoms with Gasteiger partial charge >= 0.3 is 11.9 Å². The van der Waals surface area contributed by atoms with Gasteiger partial charge in [-0.1, -0.05) is 26.2 Å². The summed E-state index contributed by atoms with van der Waals surface area (Å²) in [4.78, 5) is 38.9. The SMILES string of the molecule is [2H]C([2H])([2H])C([2H])([2H])OC(=O)[C@H](CCC)N[C@@H](C)C(=O)N1[C@H](C(=O)O)C[C@@H]2CCCC[C@@H]21. The van der Waals surface area contributed by atoms with E-state index in [2.05, 4.69) is 10.1 Å². The van der Waals surface area contributed by atoms with Gasteiger partial charge in [0, 0.05) is 10.2 Å². The van der Waals surface area contributed by atoms with Crippen molar-refractivity contribution in [2.45, 2.75) is 89.8 Å². The van der Waals surface area contributed by atoms with E-state index in [1.165, 1.54) is 11.8 Å². The molecule has 0 spiro atoms. The summed E-state index contributed by atoms with van der Waals surface area (Å²) in [5, 5.41) is 12.5. The van der Waals surface area contributed by atoms with Gasteiger partial charge in [-0.15, -0.1) is 0 Å². The molecule has 0 aromatic heterocycles. The molecule has 2 aliphatic rings. The maximum absolute atomic E-state index is 13.2. The normalized spacial score (nSPS) is 31.4. The zero-order valence-electron chi connectivity index (χ0n) is 20.4. The lowest BCUT2D eigenvalue weighted by Gasteiger charge is -2.35. The molecule has 2 rings (SSSR count). The number of likely N-dealkylation sites (tertiary alicyclic amines) is 1. The third-order valence-corrected chi connectivity index (χ3v) is 5.46. The largest absolute Gasteiger partial charge is 0.480 e. The summed E-state index contributed by atoms with van der Waals surface area (Å²) in [6, 6.07) is -3.08. The van der Waals surface area contributed by atoms with Crippen molar-refractivity contribution < 1.29 is 31.1 Å². The zero-order valence-corrected chi connectivity index (χ0v) is 15.4. The maximum atomic E-state index is 13.2. The summed E-state index contributed by atoms with van der Waals surface area (Å²) < 4.78 is 41.2. The Bertz CT molecular complexity index is 687. The fourth-order valence-electron chi connectivity index (χ4n) is 4.27. The number of hydrogen-bond donors (Lipinski definition) is 2. The molecule has 0 radical (unpaired) electrons. The summed E-state index contributed by atoms with van der Waals surface area (Å²) in [6.45, 7) is -3.02. The fourth-order valence-corrected chi connectivity index (χ4v) is 4.27. The van der Waals surface area contributed by atoms with Crippen molar-refractivity contribution in [3.05, 3.63) is 0 Å². The van der Waals surface area contributed by atoms with Crippen LogP contribution in [0.5, 0.6) is 0 Å². The number of fused-ring (bicyclic) bond motifs is 1. The topological polar surface area (TPSA) is 95.9 Å². The van der Waals surface area contributed by atoms with E-state index < -0.39 is 49.4 Å². The van der Waals surface area contributed by atoms with E-state index in [-0.39, 0.29) is 18.4 Å². The maximum Gasteiger partial charge on any atom is 0.326 e. The number of nitrogens with one attached hydrogen (secondary N) is 1. The minimum absolute atomic E-state index is 0.145. The van der Waals surface area contributed by atoms with Crippen LogP contribution in [0.25, 0.3) is 0 Å². The summed E-state index contributed by atoms with van der Waals surface area (Å²) in [5.74, 6) is -2.44. The van der Waals surface area contributed by atoms with Gasteiger partial charge in [-0.2, -0.15) is 0 Å². The Balaban J connectivity index is 2.13. The highest BCUT2D eigenvalue weighted by Gasteiger charge is 2.48. The van der Waals surface area contributed by atoms with Gasteiger partial charge in [0.05, 0.1) is 15.3 Å². The number of carboxylic acids is 1. The number of ether oxygens (including phenoxy) is 1. The lowest BCUT2D eigenvalue weighted by atomic mass is 9.84. The van der Waals surface area contributed by atoms with Crippen molar-refractivity contribution in [3.63, 3.8) is 0 Å². The van der Waals surface area contributed by atoms with E-state index in [4.69, 9.17) is 6.85 Å². The van der Waals surface area contributed by atoms with Crippen molar-refractivity contribution in [3.8, 4) is 0 Å². The summed E-state index contributed by atoms with van der Waals surface area (Å²) in [5.41, 5.74) is 0. The van der Waals surface area contributed by atoms with Crippen LogP contribution in [0.2, 0.25) is 0 Å². The molecule has 1 aliphatic carbocycles. The smallest absolute Gasteiger partial charge is 0.326 e. The molecule has 1 heterocycles. The van der Waals surface area contributed by atoms with Crippen molar-refractivity contribution in [2.24, 2.45) is 5.92 Å². The Kier molecular flexibility index (Phi) is 5.19. The fraction of sp³-hybridized carbons (Fsp3) is 0.842. The number of amides is 1. The molecule has 5 atom stereocenters. The first-order chi connectivity index (χ1) is 14.3. The first-order valence-electron chi connectivity index (χ1n) is 11.8. The first-order valence-corrected chi connectivity index (χ1v) is 9.34. The molecule has 1 amide bonds. The molecule has 7 nitrogen and oxygen atoms in total. The van der Waals surface area contributed by atoms with Crippen LogP contribution in [-0.4, -0.2) is 58.6 Å². The summed E-state index contributed by atoms with van der Waals surface area (Å²) in [6.07, 6.45) is 4.67. The molecule has 148 valence electrons. The molecule has 2 fully saturated rings. The van der Waals surface area contributed by atoms with E-state index in [0.29, 0.717) is 12.8 Å². The number of aliphatic carboxylic acids is 1. The van der Waals surface area contributed by atoms with Crippen LogP contribution in [0.4, 0.5) is 0 Å². The highest BCUT2D eigenvalue weighted by molar-refractivity contribution is 5.88. The third-order valence-electron chi connectivity index (χ3n) is 5.46. The zero-order chi connectivity index (χ0) is 23.6. The first kappa shape index (κ1) is 14.4. The van der Waals surface area contributed by atoms with Crippen LogP contribution < -0.4 is 5.32 Å². The van der Waals surface area contributed by atoms with Gasteiger partial charge in [0.2, 0.25) is 5.91 Å². The van der Waals surface area contributed by atoms with Gasteiger partial charge in [-0.05, 0) is 45.4 Å². The molecule has 0 aromatic carbocycles. The van der Waals surface area contributed by atoms with Crippen LogP contribution in [-0.2, 0) is 19.1 Å². The Labute approximate surface area is 162 Å². The Morgan fingerprint density at radius 2 is 2.12 bits per heavy atom. The molecule has 26 heavy (non-hydrogen) atoms. The predicted octanol–water partition coefficient (Wildman–Crippen LogP) is 1.94. The second-order valence-electron chi connectivity index (χ2n) is 7.20. The minimum atomic E-state index is -3.16. The summed E-state index contributed by atoms with van der Waals surface area (Å²) in [7, 11) is 0. The number of nitrogens with zero attached hydrogens (tertiary/aromatic N) is 1. The number of hydrogen-bond acceptors (Lipinski definition) is 5. The molecule has 7 heteroatoms. The third kappa shape index (κ3) is 4.55. The summed E-state index contributed by atoms with van der Waals surface area (Å²) >= 11 is 0. The Morgan fingerprint density at radius 3 is 2.77 bits per heavy atom. The number of carboxylic acid groups (broad SMARTS) is 1. The van der Waals surface area contributed by atoms with E-state index >= 15 is 0 Å². The number of carbonyl (C=O) groups excluding carboxylic acids is 2. The molecule has 2 N–H and O–H groups in total.